The molecular formula is C26H31ClF2N6O5. The Kier molecular flexibility index (Phi) is 7.16. The third-order valence-corrected chi connectivity index (χ3v) is 9.26. The van der Waals surface area contributed by atoms with E-state index in [0.29, 0.717) is 5.69 Å². The summed E-state index contributed by atoms with van der Waals surface area (Å²) in [5, 5.41) is 48.2. The van der Waals surface area contributed by atoms with Crippen molar-refractivity contribution >= 4 is 11.6 Å². The predicted octanol–water partition coefficient (Wildman–Crippen LogP) is 2.18. The lowest BCUT2D eigenvalue weighted by atomic mass is 9.63. The van der Waals surface area contributed by atoms with Gasteiger partial charge in [-0.15, -0.1) is 10.2 Å². The van der Waals surface area contributed by atoms with Crippen LogP contribution in [0.4, 0.5) is 8.78 Å². The minimum absolute atomic E-state index is 0.0350. The second-order valence-electron chi connectivity index (χ2n) is 11.2. The van der Waals surface area contributed by atoms with Gasteiger partial charge in [0.2, 0.25) is 0 Å². The number of hydrogen-bond donors (Lipinski definition) is 3. The number of fused-ring (bicyclic) bond motifs is 3. The van der Waals surface area contributed by atoms with Crippen LogP contribution in [0, 0.1) is 11.6 Å². The maximum absolute atomic E-state index is 14.6. The molecule has 11 nitrogen and oxygen atoms in total. The van der Waals surface area contributed by atoms with Crippen LogP contribution >= 0.6 is 11.6 Å². The van der Waals surface area contributed by atoms with Crippen LogP contribution in [0.2, 0.25) is 5.02 Å². The van der Waals surface area contributed by atoms with Crippen molar-refractivity contribution in [3.05, 3.63) is 46.9 Å². The molecule has 40 heavy (non-hydrogen) atoms. The number of benzene rings is 1. The highest BCUT2D eigenvalue weighted by molar-refractivity contribution is 6.30. The molecule has 4 aliphatic rings. The van der Waals surface area contributed by atoms with Gasteiger partial charge >= 0.3 is 0 Å². The maximum Gasteiger partial charge on any atom is 0.178 e. The van der Waals surface area contributed by atoms with Crippen LogP contribution < -0.4 is 0 Å². The standard InChI is InChI=1S/C26H31ClF2N6O5/c1-39-24-18(10-14-11-35(33-30-14)25-4-7-26(38,8-5-25)9-6-25)40-19(13-36)23(37)22(24)34-12-17(31-32-34)15-2-3-16(27)21(29)20(15)28/h2-3,11-12,18-19,22-24,36-38H,4-10,13H2,1H3/t18-,19-,22+,23+,24+,25?,26?/m1/s1. The van der Waals surface area contributed by atoms with E-state index in [4.69, 9.17) is 21.1 Å². The van der Waals surface area contributed by atoms with Crippen LogP contribution in [0.5, 0.6) is 0 Å². The number of hydrogen-bond acceptors (Lipinski definition) is 9. The van der Waals surface area contributed by atoms with E-state index in [1.165, 1.54) is 30.1 Å². The molecule has 216 valence electrons. The first-order valence-corrected chi connectivity index (χ1v) is 13.7. The van der Waals surface area contributed by atoms with Crippen molar-refractivity contribution in [3.63, 3.8) is 0 Å². The Labute approximate surface area is 233 Å². The van der Waals surface area contributed by atoms with E-state index in [2.05, 4.69) is 20.6 Å². The van der Waals surface area contributed by atoms with E-state index in [0.717, 1.165) is 38.5 Å². The molecule has 2 aromatic heterocycles. The van der Waals surface area contributed by atoms with Crippen molar-refractivity contribution in [1.82, 2.24) is 30.0 Å². The summed E-state index contributed by atoms with van der Waals surface area (Å²) in [7, 11) is 1.47. The first-order valence-electron chi connectivity index (χ1n) is 13.3. The molecule has 0 radical (unpaired) electrons. The fourth-order valence-corrected chi connectivity index (χ4v) is 6.67. The van der Waals surface area contributed by atoms with Crippen LogP contribution in [0.3, 0.4) is 0 Å². The normalized spacial score (nSPS) is 33.9. The lowest BCUT2D eigenvalue weighted by Crippen LogP contribution is -2.57. The fraction of sp³-hybridized carbons (Fsp3) is 0.615. The number of methoxy groups -OCH3 is 1. The molecular weight excluding hydrogens is 550 g/mol. The van der Waals surface area contributed by atoms with Crippen LogP contribution in [0.15, 0.2) is 24.5 Å². The SMILES string of the molecule is CO[C@@H]1[C@@H](n2cc(-c3ccc(Cl)c(F)c3F)nn2)[C@@H](O)[C@@H](CO)O[C@@H]1Cc1cn(C23CCC(O)(CC2)CC3)nn1. The Morgan fingerprint density at radius 1 is 1.05 bits per heavy atom. The molecule has 5 atom stereocenters. The molecule has 3 aliphatic carbocycles. The second-order valence-corrected chi connectivity index (χ2v) is 11.6. The van der Waals surface area contributed by atoms with Gasteiger partial charge in [0.05, 0.1) is 40.8 Å². The molecule has 0 unspecified atom stereocenters. The van der Waals surface area contributed by atoms with E-state index < -0.39 is 54.3 Å². The zero-order valence-corrected chi connectivity index (χ0v) is 22.6. The molecule has 4 fully saturated rings. The molecule has 2 bridgehead atoms. The largest absolute Gasteiger partial charge is 0.394 e. The van der Waals surface area contributed by atoms with Crippen LogP contribution in [-0.2, 0) is 21.4 Å². The van der Waals surface area contributed by atoms with Crippen LogP contribution in [0.25, 0.3) is 11.3 Å². The first kappa shape index (κ1) is 27.6. The Hall–Kier alpha value is -2.55. The summed E-state index contributed by atoms with van der Waals surface area (Å²) in [6.07, 6.45) is 4.64. The predicted molar refractivity (Wildman–Crippen MR) is 136 cm³/mol. The molecule has 3 aromatic rings. The van der Waals surface area contributed by atoms with Gasteiger partial charge in [-0.1, -0.05) is 22.0 Å². The maximum atomic E-state index is 14.6. The highest BCUT2D eigenvalue weighted by Crippen LogP contribution is 2.50. The number of aliphatic hydroxyl groups excluding tert-OH is 2. The zero-order chi connectivity index (χ0) is 28.2. The summed E-state index contributed by atoms with van der Waals surface area (Å²) in [4.78, 5) is 0. The third kappa shape index (κ3) is 4.62. The molecule has 0 amide bonds. The van der Waals surface area contributed by atoms with Crippen molar-refractivity contribution in [3.8, 4) is 11.3 Å². The number of aromatic nitrogens is 6. The van der Waals surface area contributed by atoms with Gasteiger partial charge in [0.1, 0.15) is 30.0 Å². The average molecular weight is 581 g/mol. The van der Waals surface area contributed by atoms with E-state index in [1.54, 1.807) is 0 Å². The fourth-order valence-electron chi connectivity index (χ4n) is 6.52. The topological polar surface area (TPSA) is 141 Å². The van der Waals surface area contributed by atoms with Crippen LogP contribution in [-0.4, -0.2) is 89.0 Å². The van der Waals surface area contributed by atoms with Gasteiger partial charge in [0.15, 0.2) is 11.6 Å². The quantitative estimate of drug-likeness (QED) is 0.359. The van der Waals surface area contributed by atoms with Gasteiger partial charge in [-0.25, -0.2) is 18.1 Å². The van der Waals surface area contributed by atoms with Gasteiger partial charge in [0.25, 0.3) is 0 Å². The van der Waals surface area contributed by atoms with Gasteiger partial charge in [-0.3, -0.25) is 0 Å². The summed E-state index contributed by atoms with van der Waals surface area (Å²) in [6, 6.07) is 1.65. The van der Waals surface area contributed by atoms with E-state index >= 15 is 0 Å². The Morgan fingerprint density at radius 2 is 1.77 bits per heavy atom. The number of ether oxygens (including phenoxy) is 2. The Morgan fingerprint density at radius 3 is 2.45 bits per heavy atom. The minimum atomic E-state index is -1.25. The lowest BCUT2D eigenvalue weighted by molar-refractivity contribution is -0.212. The molecule has 1 aliphatic heterocycles. The smallest absolute Gasteiger partial charge is 0.178 e. The van der Waals surface area contributed by atoms with Gasteiger partial charge in [-0.2, -0.15) is 0 Å². The molecule has 3 heterocycles. The zero-order valence-electron chi connectivity index (χ0n) is 21.8. The third-order valence-electron chi connectivity index (χ3n) is 8.97. The Balaban J connectivity index is 1.26. The van der Waals surface area contributed by atoms with Crippen molar-refractivity contribution in [2.45, 2.75) is 86.5 Å². The lowest BCUT2D eigenvalue weighted by Gasteiger charge is -2.50. The Bertz CT molecular complexity index is 1360. The van der Waals surface area contributed by atoms with Crippen molar-refractivity contribution < 1.29 is 33.6 Å². The highest BCUT2D eigenvalue weighted by Gasteiger charge is 2.50. The molecule has 1 aromatic carbocycles. The molecule has 0 spiro atoms. The molecule has 3 N–H and O–H groups in total. The molecule has 14 heteroatoms. The number of halogens is 3. The average Bonchev–Trinajstić information content (AvgIpc) is 3.63. The number of nitrogens with zero attached hydrogens (tertiary/aromatic N) is 6. The first-order chi connectivity index (χ1) is 19.2. The van der Waals surface area contributed by atoms with Gasteiger partial charge in [-0.05, 0) is 50.7 Å². The summed E-state index contributed by atoms with van der Waals surface area (Å²) in [5.41, 5.74) is -0.176. The molecule has 3 saturated carbocycles. The number of aliphatic hydroxyl groups is 3. The van der Waals surface area contributed by atoms with Crippen molar-refractivity contribution in [2.24, 2.45) is 0 Å². The number of rotatable bonds is 7. The van der Waals surface area contributed by atoms with E-state index in [-0.39, 0.29) is 28.2 Å². The van der Waals surface area contributed by atoms with Crippen molar-refractivity contribution in [2.75, 3.05) is 13.7 Å². The summed E-state index contributed by atoms with van der Waals surface area (Å²) >= 11 is 5.68. The molecule has 1 saturated heterocycles. The summed E-state index contributed by atoms with van der Waals surface area (Å²) in [5.74, 6) is -2.36. The minimum Gasteiger partial charge on any atom is -0.394 e. The second kappa shape index (κ2) is 10.4. The monoisotopic (exact) mass is 580 g/mol. The van der Waals surface area contributed by atoms with Crippen molar-refractivity contribution in [1.29, 1.82) is 0 Å². The van der Waals surface area contributed by atoms with Crippen LogP contribution in [0.1, 0.15) is 50.3 Å². The van der Waals surface area contributed by atoms with E-state index in [1.807, 2.05) is 10.9 Å². The summed E-state index contributed by atoms with van der Waals surface area (Å²) < 4.78 is 43.7. The van der Waals surface area contributed by atoms with E-state index in [9.17, 15) is 24.1 Å². The summed E-state index contributed by atoms with van der Waals surface area (Å²) in [6.45, 7) is -0.470. The van der Waals surface area contributed by atoms with Gasteiger partial charge < -0.3 is 24.8 Å². The van der Waals surface area contributed by atoms with Gasteiger partial charge in [0, 0.05) is 25.3 Å². The molecule has 7 rings (SSSR count). The highest BCUT2D eigenvalue weighted by atomic mass is 35.5.